The maximum Gasteiger partial charge on any atom is 0.345 e. The minimum Gasteiger partial charge on any atom is -0.477 e. The van der Waals surface area contributed by atoms with Gasteiger partial charge in [-0.2, -0.15) is 0 Å². The third-order valence-electron chi connectivity index (χ3n) is 4.75. The van der Waals surface area contributed by atoms with E-state index in [0.717, 1.165) is 29.7 Å². The van der Waals surface area contributed by atoms with Crippen molar-refractivity contribution in [1.29, 1.82) is 0 Å². The molecule has 1 fully saturated rings. The van der Waals surface area contributed by atoms with Crippen molar-refractivity contribution in [2.45, 2.75) is 31.1 Å². The van der Waals surface area contributed by atoms with Crippen LogP contribution in [0.25, 0.3) is 6.08 Å². The lowest BCUT2D eigenvalue weighted by molar-refractivity contribution is -0.119. The lowest BCUT2D eigenvalue weighted by atomic mass is 9.89. The van der Waals surface area contributed by atoms with Crippen LogP contribution in [0, 0.1) is 11.8 Å². The Kier molecular flexibility index (Phi) is 6.68. The van der Waals surface area contributed by atoms with Crippen LogP contribution in [-0.2, 0) is 11.2 Å². The highest BCUT2D eigenvalue weighted by Crippen LogP contribution is 2.38. The molecule has 1 unspecified atom stereocenters. The Bertz CT molecular complexity index is 864. The molecule has 0 aliphatic heterocycles. The molecule has 1 aliphatic carbocycles. The summed E-state index contributed by atoms with van der Waals surface area (Å²) in [4.78, 5) is 28.8. The summed E-state index contributed by atoms with van der Waals surface area (Å²) in [6.45, 7) is 0. The number of halogens is 2. The number of aromatic carboxylic acids is 1. The summed E-state index contributed by atoms with van der Waals surface area (Å²) in [5.41, 5.74) is 0.854. The Hall–Kier alpha value is -1.69. The van der Waals surface area contributed by atoms with Gasteiger partial charge < -0.3 is 5.11 Å². The molecule has 1 N–H and O–H groups in total. The minimum absolute atomic E-state index is 0.0847. The Morgan fingerprint density at radius 2 is 2.19 bits per heavy atom. The summed E-state index contributed by atoms with van der Waals surface area (Å²) in [6.07, 6.45) is 9.92. The molecule has 0 aromatic carbocycles. The lowest BCUT2D eigenvalue weighted by Gasteiger charge is -2.17. The Morgan fingerprint density at radius 1 is 1.37 bits per heavy atom. The number of carboxylic acid groups (broad SMARTS) is 1. The number of nitrogens with zero attached hydrogens (tertiary/aromatic N) is 1. The van der Waals surface area contributed by atoms with Crippen LogP contribution in [-0.4, -0.2) is 27.2 Å². The minimum atomic E-state index is -0.894. The van der Waals surface area contributed by atoms with Crippen LogP contribution in [0.4, 0.5) is 0 Å². The van der Waals surface area contributed by atoms with Gasteiger partial charge in [0.2, 0.25) is 0 Å². The van der Waals surface area contributed by atoms with Crippen LogP contribution in [0.5, 0.6) is 0 Å². The summed E-state index contributed by atoms with van der Waals surface area (Å²) >= 11 is 13.7. The molecular formula is C20H19Cl2NO3S. The molecule has 0 bridgehead atoms. The van der Waals surface area contributed by atoms with Crippen molar-refractivity contribution in [3.8, 4) is 0 Å². The third-order valence-corrected chi connectivity index (χ3v) is 6.57. The normalized spacial score (nSPS) is 22.6. The first kappa shape index (κ1) is 20.1. The van der Waals surface area contributed by atoms with Gasteiger partial charge >= 0.3 is 5.97 Å². The van der Waals surface area contributed by atoms with Crippen LogP contribution >= 0.6 is 34.5 Å². The standard InChI is InChI=1S/C20H19Cl2NO3S/c21-13-8-12(10-23-11-13)4-6-16-15(17(22)9-18(16)24)3-1-2-14-5-7-19(27-14)20(25)26/h4-8,10-11,15-17H,1-3,9H2,(H,25,26)/b6-4+/t15-,16-,17?/m1/s1. The second-order valence-corrected chi connectivity index (χ2v) is 8.80. The average Bonchev–Trinajstić information content (AvgIpc) is 3.19. The van der Waals surface area contributed by atoms with Crippen molar-refractivity contribution in [2.75, 3.05) is 0 Å². The Balaban J connectivity index is 1.61. The Labute approximate surface area is 171 Å². The maximum absolute atomic E-state index is 12.4. The van der Waals surface area contributed by atoms with E-state index in [1.54, 1.807) is 24.5 Å². The van der Waals surface area contributed by atoms with Gasteiger partial charge in [-0.3, -0.25) is 9.78 Å². The lowest BCUT2D eigenvalue weighted by Crippen LogP contribution is -2.16. The highest BCUT2D eigenvalue weighted by molar-refractivity contribution is 7.13. The van der Waals surface area contributed by atoms with Crippen LogP contribution in [0.2, 0.25) is 5.02 Å². The van der Waals surface area contributed by atoms with Crippen molar-refractivity contribution >= 4 is 52.4 Å². The molecular weight excluding hydrogens is 405 g/mol. The van der Waals surface area contributed by atoms with Crippen molar-refractivity contribution < 1.29 is 14.7 Å². The van der Waals surface area contributed by atoms with Gasteiger partial charge in [0.05, 0.1) is 5.02 Å². The van der Waals surface area contributed by atoms with E-state index in [1.165, 1.54) is 11.3 Å². The fourth-order valence-corrected chi connectivity index (χ4v) is 4.93. The van der Waals surface area contributed by atoms with Gasteiger partial charge in [0.15, 0.2) is 0 Å². The average molecular weight is 424 g/mol. The Morgan fingerprint density at radius 3 is 2.89 bits per heavy atom. The predicted octanol–water partition coefficient (Wildman–Crippen LogP) is 5.34. The topological polar surface area (TPSA) is 67.3 Å². The van der Waals surface area contributed by atoms with Gasteiger partial charge in [0.1, 0.15) is 10.7 Å². The number of rotatable bonds is 7. The van der Waals surface area contributed by atoms with E-state index in [0.29, 0.717) is 16.3 Å². The summed E-state index contributed by atoms with van der Waals surface area (Å²) in [5, 5.41) is 9.39. The van der Waals surface area contributed by atoms with Gasteiger partial charge in [-0.1, -0.05) is 23.8 Å². The summed E-state index contributed by atoms with van der Waals surface area (Å²) in [5.74, 6) is -0.851. The van der Waals surface area contributed by atoms with Crippen LogP contribution in [0.15, 0.2) is 36.7 Å². The fourth-order valence-electron chi connectivity index (χ4n) is 3.43. The zero-order valence-electron chi connectivity index (χ0n) is 14.5. The van der Waals surface area contributed by atoms with E-state index in [1.807, 2.05) is 18.2 Å². The molecule has 7 heteroatoms. The number of pyridine rings is 1. The van der Waals surface area contributed by atoms with E-state index in [9.17, 15) is 9.59 Å². The van der Waals surface area contributed by atoms with Crippen molar-refractivity contribution in [1.82, 2.24) is 4.98 Å². The molecule has 27 heavy (non-hydrogen) atoms. The van der Waals surface area contributed by atoms with Crippen molar-refractivity contribution in [2.24, 2.45) is 11.8 Å². The number of carboxylic acids is 1. The fraction of sp³-hybridized carbons (Fsp3) is 0.350. The van der Waals surface area contributed by atoms with Crippen LogP contribution in [0.3, 0.4) is 0 Å². The number of carbonyl (C=O) groups is 2. The molecule has 1 aliphatic rings. The number of carbonyl (C=O) groups excluding carboxylic acids is 1. The molecule has 3 rings (SSSR count). The molecule has 0 amide bonds. The summed E-state index contributed by atoms with van der Waals surface area (Å²) in [6, 6.07) is 5.29. The maximum atomic E-state index is 12.4. The van der Waals surface area contributed by atoms with Gasteiger partial charge in [0.25, 0.3) is 0 Å². The third kappa shape index (κ3) is 5.18. The first-order chi connectivity index (χ1) is 12.9. The zero-order valence-corrected chi connectivity index (χ0v) is 16.8. The van der Waals surface area contributed by atoms with Crippen LogP contribution < -0.4 is 0 Å². The van der Waals surface area contributed by atoms with Crippen molar-refractivity contribution in [3.63, 3.8) is 0 Å². The molecule has 4 nitrogen and oxygen atoms in total. The highest BCUT2D eigenvalue weighted by atomic mass is 35.5. The molecule has 2 aromatic heterocycles. The largest absolute Gasteiger partial charge is 0.477 e. The molecule has 0 radical (unpaired) electrons. The van der Waals surface area contributed by atoms with Gasteiger partial charge in [-0.25, -0.2) is 4.79 Å². The van der Waals surface area contributed by atoms with Gasteiger partial charge in [0, 0.05) is 35.0 Å². The number of Topliss-reactive ketones (excluding diaryl/α,β-unsaturated/α-hetero) is 1. The smallest absolute Gasteiger partial charge is 0.345 e. The quantitative estimate of drug-likeness (QED) is 0.609. The second-order valence-electron chi connectivity index (χ2n) is 6.64. The van der Waals surface area contributed by atoms with E-state index in [2.05, 4.69) is 4.98 Å². The summed E-state index contributed by atoms with van der Waals surface area (Å²) in [7, 11) is 0. The molecule has 0 saturated heterocycles. The number of hydrogen-bond donors (Lipinski definition) is 1. The van der Waals surface area contributed by atoms with Crippen LogP contribution in [0.1, 0.15) is 39.4 Å². The monoisotopic (exact) mass is 423 g/mol. The molecule has 3 atom stereocenters. The number of thiophene rings is 1. The molecule has 142 valence electrons. The highest BCUT2D eigenvalue weighted by Gasteiger charge is 2.39. The first-order valence-corrected chi connectivity index (χ1v) is 10.3. The predicted molar refractivity (Wildman–Crippen MR) is 109 cm³/mol. The molecule has 2 heterocycles. The molecule has 1 saturated carbocycles. The number of hydrogen-bond acceptors (Lipinski definition) is 4. The SMILES string of the molecule is O=C(O)c1ccc(CCC[C@H]2C(Cl)CC(=O)[C@@H]2/C=C/c2cncc(Cl)c2)s1. The van der Waals surface area contributed by atoms with E-state index >= 15 is 0 Å². The second kappa shape index (κ2) is 9.00. The zero-order chi connectivity index (χ0) is 19.4. The van der Waals surface area contributed by atoms with Gasteiger partial charge in [-0.15, -0.1) is 22.9 Å². The van der Waals surface area contributed by atoms with E-state index in [4.69, 9.17) is 28.3 Å². The number of alkyl halides is 1. The first-order valence-electron chi connectivity index (χ1n) is 8.71. The number of allylic oxidation sites excluding steroid dienone is 1. The molecule has 2 aromatic rings. The molecule has 0 spiro atoms. The number of ketones is 1. The summed E-state index contributed by atoms with van der Waals surface area (Å²) < 4.78 is 0. The van der Waals surface area contributed by atoms with Gasteiger partial charge in [-0.05, 0) is 48.9 Å². The van der Waals surface area contributed by atoms with E-state index in [-0.39, 0.29) is 23.0 Å². The number of aromatic nitrogens is 1. The van der Waals surface area contributed by atoms with Crippen molar-refractivity contribution in [3.05, 3.63) is 57.0 Å². The van der Waals surface area contributed by atoms with E-state index < -0.39 is 5.97 Å². The number of aryl methyl sites for hydroxylation is 1.